The molecule has 0 aliphatic rings. The lowest BCUT2D eigenvalue weighted by atomic mass is 10.0. The van der Waals surface area contributed by atoms with E-state index in [0.29, 0.717) is 29.9 Å². The van der Waals surface area contributed by atoms with E-state index in [1.54, 1.807) is 23.5 Å². The van der Waals surface area contributed by atoms with Gasteiger partial charge in [-0.25, -0.2) is 0 Å². The third kappa shape index (κ3) is 2.96. The van der Waals surface area contributed by atoms with Crippen molar-refractivity contribution in [2.45, 2.75) is 26.9 Å². The predicted molar refractivity (Wildman–Crippen MR) is 76.1 cm³/mol. The van der Waals surface area contributed by atoms with Crippen molar-refractivity contribution in [2.75, 3.05) is 0 Å². The molecule has 2 aromatic rings. The highest BCUT2D eigenvalue weighted by molar-refractivity contribution is 7.07. The Morgan fingerprint density at radius 2 is 2.16 bits per heavy atom. The zero-order valence-corrected chi connectivity index (χ0v) is 11.8. The fraction of sp³-hybridized carbons (Fsp3) is 0.267. The van der Waals surface area contributed by atoms with Crippen molar-refractivity contribution in [3.05, 3.63) is 45.6 Å². The molecule has 0 radical (unpaired) electrons. The van der Waals surface area contributed by atoms with Gasteiger partial charge in [-0.2, -0.15) is 11.3 Å². The van der Waals surface area contributed by atoms with Crippen LogP contribution in [0.4, 0.5) is 0 Å². The van der Waals surface area contributed by atoms with E-state index in [-0.39, 0.29) is 11.5 Å². The molecule has 0 saturated carbocycles. The van der Waals surface area contributed by atoms with Crippen molar-refractivity contribution < 1.29 is 14.6 Å². The monoisotopic (exact) mass is 276 g/mol. The lowest BCUT2D eigenvalue weighted by molar-refractivity contribution is 0.101. The van der Waals surface area contributed by atoms with Crippen LogP contribution in [0.25, 0.3) is 0 Å². The lowest BCUT2D eigenvalue weighted by Gasteiger charge is -2.13. The molecule has 0 aliphatic heterocycles. The molecule has 0 bridgehead atoms. The van der Waals surface area contributed by atoms with Crippen LogP contribution in [0.3, 0.4) is 0 Å². The molecule has 4 heteroatoms. The number of hydrogen-bond donors (Lipinski definition) is 1. The second-order valence-corrected chi connectivity index (χ2v) is 5.05. The number of ether oxygens (including phenoxy) is 1. The maximum Gasteiger partial charge on any atom is 0.163 e. The SMILES string of the molecule is CCc1c(OCc2ccsc2)ccc(C(C)=O)c1O. The van der Waals surface area contributed by atoms with E-state index in [0.717, 1.165) is 5.56 Å². The second-order valence-electron chi connectivity index (χ2n) is 4.27. The van der Waals surface area contributed by atoms with E-state index in [2.05, 4.69) is 0 Å². The van der Waals surface area contributed by atoms with Gasteiger partial charge in [-0.3, -0.25) is 4.79 Å². The molecule has 0 atom stereocenters. The molecule has 19 heavy (non-hydrogen) atoms. The maximum absolute atomic E-state index is 11.4. The molecule has 2 rings (SSSR count). The number of carbonyl (C=O) groups excluding carboxylic acids is 1. The summed E-state index contributed by atoms with van der Waals surface area (Å²) in [5.74, 6) is 0.533. The number of ketones is 1. The molecule has 1 aromatic heterocycles. The summed E-state index contributed by atoms with van der Waals surface area (Å²) in [6.45, 7) is 3.84. The van der Waals surface area contributed by atoms with Crippen LogP contribution in [0.2, 0.25) is 0 Å². The summed E-state index contributed by atoms with van der Waals surface area (Å²) in [5.41, 5.74) is 2.13. The largest absolute Gasteiger partial charge is 0.507 e. The van der Waals surface area contributed by atoms with Crippen LogP contribution in [-0.4, -0.2) is 10.9 Å². The molecule has 3 nitrogen and oxygen atoms in total. The van der Waals surface area contributed by atoms with Gasteiger partial charge in [0.15, 0.2) is 5.78 Å². The minimum absolute atomic E-state index is 0.0396. The molecular formula is C15H16O3S. The van der Waals surface area contributed by atoms with Crippen LogP contribution < -0.4 is 4.74 Å². The average molecular weight is 276 g/mol. The van der Waals surface area contributed by atoms with Gasteiger partial charge in [0, 0.05) is 5.56 Å². The van der Waals surface area contributed by atoms with Gasteiger partial charge in [0.2, 0.25) is 0 Å². The molecule has 0 saturated heterocycles. The number of benzene rings is 1. The van der Waals surface area contributed by atoms with Gasteiger partial charge < -0.3 is 9.84 Å². The first-order valence-electron chi connectivity index (χ1n) is 6.13. The number of phenolic OH excluding ortho intramolecular Hbond substituents is 1. The van der Waals surface area contributed by atoms with Crippen LogP contribution in [0.15, 0.2) is 29.0 Å². The van der Waals surface area contributed by atoms with Crippen LogP contribution in [0.5, 0.6) is 11.5 Å². The van der Waals surface area contributed by atoms with Crippen molar-refractivity contribution in [2.24, 2.45) is 0 Å². The first-order chi connectivity index (χ1) is 9.13. The van der Waals surface area contributed by atoms with Gasteiger partial charge in [-0.1, -0.05) is 6.92 Å². The van der Waals surface area contributed by atoms with E-state index in [4.69, 9.17) is 4.74 Å². The van der Waals surface area contributed by atoms with Gasteiger partial charge in [0.25, 0.3) is 0 Å². The molecule has 0 unspecified atom stereocenters. The first-order valence-corrected chi connectivity index (χ1v) is 7.07. The Labute approximate surface area is 116 Å². The van der Waals surface area contributed by atoms with Gasteiger partial charge in [0.1, 0.15) is 18.1 Å². The Hall–Kier alpha value is -1.81. The predicted octanol–water partition coefficient (Wildman–Crippen LogP) is 3.80. The van der Waals surface area contributed by atoms with Crippen molar-refractivity contribution in [3.8, 4) is 11.5 Å². The normalized spacial score (nSPS) is 10.4. The molecule has 0 amide bonds. The first kappa shape index (κ1) is 13.6. The fourth-order valence-electron chi connectivity index (χ4n) is 1.91. The zero-order chi connectivity index (χ0) is 13.8. The van der Waals surface area contributed by atoms with Gasteiger partial charge in [-0.15, -0.1) is 0 Å². The summed E-state index contributed by atoms with van der Waals surface area (Å²) >= 11 is 1.62. The van der Waals surface area contributed by atoms with Gasteiger partial charge >= 0.3 is 0 Å². The fourth-order valence-corrected chi connectivity index (χ4v) is 2.57. The third-order valence-corrected chi connectivity index (χ3v) is 3.68. The summed E-state index contributed by atoms with van der Waals surface area (Å²) in [5, 5.41) is 14.1. The number of thiophene rings is 1. The highest BCUT2D eigenvalue weighted by atomic mass is 32.1. The number of phenols is 1. The molecule has 0 spiro atoms. The Morgan fingerprint density at radius 3 is 2.74 bits per heavy atom. The third-order valence-electron chi connectivity index (χ3n) is 2.95. The molecule has 100 valence electrons. The Kier molecular flexibility index (Phi) is 4.22. The quantitative estimate of drug-likeness (QED) is 0.845. The number of Topliss-reactive ketones (excluding diaryl/α,β-unsaturated/α-hetero) is 1. The topological polar surface area (TPSA) is 46.5 Å². The molecule has 1 heterocycles. The maximum atomic E-state index is 11.4. The van der Waals surface area contributed by atoms with Crippen LogP contribution in [0, 0.1) is 0 Å². The summed E-state index contributed by atoms with van der Waals surface area (Å²) in [6, 6.07) is 5.36. The van der Waals surface area contributed by atoms with E-state index in [9.17, 15) is 9.90 Å². The second kappa shape index (κ2) is 5.89. The summed E-state index contributed by atoms with van der Waals surface area (Å²) < 4.78 is 5.72. The number of hydrogen-bond acceptors (Lipinski definition) is 4. The minimum Gasteiger partial charge on any atom is -0.507 e. The smallest absolute Gasteiger partial charge is 0.163 e. The summed E-state index contributed by atoms with van der Waals surface area (Å²) in [6.07, 6.45) is 0.617. The number of aromatic hydroxyl groups is 1. The van der Waals surface area contributed by atoms with Gasteiger partial charge in [-0.05, 0) is 47.9 Å². The highest BCUT2D eigenvalue weighted by Crippen LogP contribution is 2.32. The highest BCUT2D eigenvalue weighted by Gasteiger charge is 2.15. The lowest BCUT2D eigenvalue weighted by Crippen LogP contribution is -2.01. The Balaban J connectivity index is 2.25. The zero-order valence-electron chi connectivity index (χ0n) is 11.0. The molecule has 1 N–H and O–H groups in total. The Bertz CT molecular complexity index is 573. The van der Waals surface area contributed by atoms with Crippen LogP contribution in [0.1, 0.15) is 35.3 Å². The Morgan fingerprint density at radius 1 is 1.37 bits per heavy atom. The van der Waals surface area contributed by atoms with Crippen molar-refractivity contribution in [1.82, 2.24) is 0 Å². The van der Waals surface area contributed by atoms with Crippen LogP contribution >= 0.6 is 11.3 Å². The van der Waals surface area contributed by atoms with E-state index >= 15 is 0 Å². The number of rotatable bonds is 5. The summed E-state index contributed by atoms with van der Waals surface area (Å²) in [7, 11) is 0. The average Bonchev–Trinajstić information content (AvgIpc) is 2.89. The molecule has 1 aromatic carbocycles. The van der Waals surface area contributed by atoms with Crippen LogP contribution in [-0.2, 0) is 13.0 Å². The van der Waals surface area contributed by atoms with E-state index < -0.39 is 0 Å². The molecule has 0 fully saturated rings. The van der Waals surface area contributed by atoms with Crippen molar-refractivity contribution >= 4 is 17.1 Å². The number of carbonyl (C=O) groups is 1. The van der Waals surface area contributed by atoms with Crippen molar-refractivity contribution in [3.63, 3.8) is 0 Å². The van der Waals surface area contributed by atoms with Gasteiger partial charge in [0.05, 0.1) is 5.56 Å². The summed E-state index contributed by atoms with van der Waals surface area (Å²) in [4.78, 5) is 11.4. The molecular weight excluding hydrogens is 260 g/mol. The molecule has 0 aliphatic carbocycles. The van der Waals surface area contributed by atoms with E-state index in [1.807, 2.05) is 23.8 Å². The van der Waals surface area contributed by atoms with E-state index in [1.165, 1.54) is 6.92 Å². The minimum atomic E-state index is -0.142. The van der Waals surface area contributed by atoms with Crippen molar-refractivity contribution in [1.29, 1.82) is 0 Å². The standard InChI is InChI=1S/C15H16O3S/c1-3-12-14(18-8-11-6-7-19-9-11)5-4-13(10(2)16)15(12)17/h4-7,9,17H,3,8H2,1-2H3.